The van der Waals surface area contributed by atoms with E-state index < -0.39 is 0 Å². The van der Waals surface area contributed by atoms with E-state index in [1.165, 1.54) is 0 Å². The number of benzene rings is 1. The minimum Gasteiger partial charge on any atom is -0.497 e. The molecule has 3 heterocycles. The highest BCUT2D eigenvalue weighted by atomic mass is 16.5. The summed E-state index contributed by atoms with van der Waals surface area (Å²) >= 11 is 0. The molecular formula is C22H23N5O2. The van der Waals surface area contributed by atoms with Gasteiger partial charge in [-0.05, 0) is 48.0 Å². The van der Waals surface area contributed by atoms with E-state index >= 15 is 0 Å². The van der Waals surface area contributed by atoms with Gasteiger partial charge in [0.15, 0.2) is 11.6 Å². The van der Waals surface area contributed by atoms with Crippen molar-refractivity contribution >= 4 is 17.8 Å². The number of carbonyl (C=O) groups excluding carboxylic acids is 1. The average Bonchev–Trinajstić information content (AvgIpc) is 3.33. The van der Waals surface area contributed by atoms with Crippen molar-refractivity contribution in [2.24, 2.45) is 0 Å². The summed E-state index contributed by atoms with van der Waals surface area (Å²) < 4.78 is 7.07. The predicted octanol–water partition coefficient (Wildman–Crippen LogP) is 2.64. The first-order chi connectivity index (χ1) is 14.2. The van der Waals surface area contributed by atoms with Gasteiger partial charge in [-0.1, -0.05) is 12.1 Å². The molecule has 3 aromatic rings. The number of hydrogen-bond donors (Lipinski definition) is 0. The Hall–Kier alpha value is -3.61. The standard InChI is InChI=1S/C22H23N5O2/c1-29-19-7-4-18(5-8-19)6-11-22(28)27-16-14-26(15-17-27)21-10-9-20(23-24-21)25-12-2-3-13-25/h2-13H,14-17H2,1H3/b11-6+. The van der Waals surface area contributed by atoms with E-state index in [-0.39, 0.29) is 5.91 Å². The smallest absolute Gasteiger partial charge is 0.246 e. The zero-order valence-corrected chi connectivity index (χ0v) is 16.3. The van der Waals surface area contributed by atoms with Crippen molar-refractivity contribution in [3.8, 4) is 11.6 Å². The van der Waals surface area contributed by atoms with Crippen LogP contribution in [0.3, 0.4) is 0 Å². The molecular weight excluding hydrogens is 366 g/mol. The van der Waals surface area contributed by atoms with Crippen LogP contribution in [-0.4, -0.2) is 58.9 Å². The Morgan fingerprint density at radius 1 is 0.931 bits per heavy atom. The lowest BCUT2D eigenvalue weighted by Gasteiger charge is -2.34. The molecule has 1 aliphatic heterocycles. The van der Waals surface area contributed by atoms with Crippen molar-refractivity contribution in [1.82, 2.24) is 19.7 Å². The first-order valence-electron chi connectivity index (χ1n) is 9.56. The van der Waals surface area contributed by atoms with Gasteiger partial charge in [-0.2, -0.15) is 0 Å². The number of rotatable bonds is 5. The van der Waals surface area contributed by atoms with Crippen LogP contribution in [0.25, 0.3) is 11.9 Å². The summed E-state index contributed by atoms with van der Waals surface area (Å²) in [6, 6.07) is 15.5. The molecule has 0 saturated carbocycles. The molecule has 1 aliphatic rings. The normalized spacial score (nSPS) is 14.4. The van der Waals surface area contributed by atoms with Crippen molar-refractivity contribution in [3.05, 3.63) is 72.6 Å². The van der Waals surface area contributed by atoms with Crippen LogP contribution in [0.1, 0.15) is 5.56 Å². The number of nitrogens with zero attached hydrogens (tertiary/aromatic N) is 5. The summed E-state index contributed by atoms with van der Waals surface area (Å²) in [4.78, 5) is 16.5. The van der Waals surface area contributed by atoms with Gasteiger partial charge in [0.05, 0.1) is 7.11 Å². The molecule has 1 amide bonds. The molecule has 7 heteroatoms. The van der Waals surface area contributed by atoms with E-state index in [1.807, 2.05) is 76.5 Å². The summed E-state index contributed by atoms with van der Waals surface area (Å²) in [5.41, 5.74) is 0.968. The van der Waals surface area contributed by atoms with Crippen LogP contribution < -0.4 is 9.64 Å². The van der Waals surface area contributed by atoms with Gasteiger partial charge in [-0.3, -0.25) is 4.79 Å². The number of amides is 1. The lowest BCUT2D eigenvalue weighted by molar-refractivity contribution is -0.126. The van der Waals surface area contributed by atoms with Crippen LogP contribution in [0.15, 0.2) is 67.0 Å². The lowest BCUT2D eigenvalue weighted by atomic mass is 10.2. The number of carbonyl (C=O) groups is 1. The second-order valence-corrected chi connectivity index (χ2v) is 6.76. The van der Waals surface area contributed by atoms with E-state index in [2.05, 4.69) is 15.1 Å². The van der Waals surface area contributed by atoms with Gasteiger partial charge in [0.1, 0.15) is 5.75 Å². The van der Waals surface area contributed by atoms with E-state index in [0.717, 1.165) is 36.0 Å². The molecule has 0 atom stereocenters. The lowest BCUT2D eigenvalue weighted by Crippen LogP contribution is -2.48. The number of aromatic nitrogens is 3. The maximum Gasteiger partial charge on any atom is 0.246 e. The van der Waals surface area contributed by atoms with Crippen LogP contribution >= 0.6 is 0 Å². The van der Waals surface area contributed by atoms with Crippen LogP contribution in [0.4, 0.5) is 5.82 Å². The van der Waals surface area contributed by atoms with E-state index in [0.29, 0.717) is 13.1 Å². The van der Waals surface area contributed by atoms with Gasteiger partial charge in [0.25, 0.3) is 0 Å². The van der Waals surface area contributed by atoms with Crippen molar-refractivity contribution in [2.75, 3.05) is 38.2 Å². The minimum absolute atomic E-state index is 0.0227. The Labute approximate surface area is 169 Å². The molecule has 0 spiro atoms. The topological polar surface area (TPSA) is 63.5 Å². The van der Waals surface area contributed by atoms with Crippen molar-refractivity contribution in [2.45, 2.75) is 0 Å². The Bertz CT molecular complexity index is 957. The van der Waals surface area contributed by atoms with Gasteiger partial charge in [0, 0.05) is 44.6 Å². The predicted molar refractivity (Wildman–Crippen MR) is 112 cm³/mol. The van der Waals surface area contributed by atoms with Crippen molar-refractivity contribution < 1.29 is 9.53 Å². The summed E-state index contributed by atoms with van der Waals surface area (Å²) in [5.74, 6) is 2.45. The molecule has 29 heavy (non-hydrogen) atoms. The fourth-order valence-electron chi connectivity index (χ4n) is 3.26. The summed E-state index contributed by atoms with van der Waals surface area (Å²) in [6.45, 7) is 2.79. The Morgan fingerprint density at radius 3 is 2.21 bits per heavy atom. The molecule has 0 N–H and O–H groups in total. The summed E-state index contributed by atoms with van der Waals surface area (Å²) in [7, 11) is 1.64. The second kappa shape index (κ2) is 8.60. The third-order valence-corrected chi connectivity index (χ3v) is 4.95. The molecule has 1 saturated heterocycles. The molecule has 148 valence electrons. The summed E-state index contributed by atoms with van der Waals surface area (Å²) in [5, 5.41) is 8.64. The van der Waals surface area contributed by atoms with E-state index in [4.69, 9.17) is 4.74 Å². The highest BCUT2D eigenvalue weighted by Gasteiger charge is 2.20. The minimum atomic E-state index is 0.0227. The zero-order chi connectivity index (χ0) is 20.1. The van der Waals surface area contributed by atoms with E-state index in [9.17, 15) is 4.79 Å². The molecule has 0 aliphatic carbocycles. The summed E-state index contributed by atoms with van der Waals surface area (Å²) in [6.07, 6.45) is 7.34. The largest absolute Gasteiger partial charge is 0.497 e. The highest BCUT2D eigenvalue weighted by Crippen LogP contribution is 2.15. The van der Waals surface area contributed by atoms with Gasteiger partial charge in [0.2, 0.25) is 5.91 Å². The first kappa shape index (κ1) is 18.7. The third kappa shape index (κ3) is 4.45. The molecule has 7 nitrogen and oxygen atoms in total. The maximum absolute atomic E-state index is 12.5. The highest BCUT2D eigenvalue weighted by molar-refractivity contribution is 5.92. The van der Waals surface area contributed by atoms with Crippen molar-refractivity contribution in [3.63, 3.8) is 0 Å². The SMILES string of the molecule is COc1ccc(/C=C/C(=O)N2CCN(c3ccc(-n4cccc4)nn3)CC2)cc1. The molecule has 1 fully saturated rings. The molecule has 2 aromatic heterocycles. The fraction of sp³-hybridized carbons (Fsp3) is 0.227. The number of anilines is 1. The maximum atomic E-state index is 12.5. The van der Waals surface area contributed by atoms with Gasteiger partial charge < -0.3 is 19.1 Å². The van der Waals surface area contributed by atoms with Gasteiger partial charge >= 0.3 is 0 Å². The zero-order valence-electron chi connectivity index (χ0n) is 16.3. The third-order valence-electron chi connectivity index (χ3n) is 4.95. The van der Waals surface area contributed by atoms with Gasteiger partial charge in [-0.25, -0.2) is 0 Å². The van der Waals surface area contributed by atoms with Crippen LogP contribution in [0.5, 0.6) is 5.75 Å². The molecule has 4 rings (SSSR count). The monoisotopic (exact) mass is 389 g/mol. The quantitative estimate of drug-likeness (QED) is 0.628. The van der Waals surface area contributed by atoms with Gasteiger partial charge in [-0.15, -0.1) is 10.2 Å². The van der Waals surface area contributed by atoms with Crippen LogP contribution in [0.2, 0.25) is 0 Å². The number of ether oxygens (including phenoxy) is 1. The molecule has 1 aromatic carbocycles. The average molecular weight is 389 g/mol. The van der Waals surface area contributed by atoms with Crippen molar-refractivity contribution in [1.29, 1.82) is 0 Å². The Kier molecular flexibility index (Phi) is 5.56. The Balaban J connectivity index is 1.31. The number of hydrogen-bond acceptors (Lipinski definition) is 5. The Morgan fingerprint density at radius 2 is 1.59 bits per heavy atom. The number of piperazine rings is 1. The second-order valence-electron chi connectivity index (χ2n) is 6.76. The first-order valence-corrected chi connectivity index (χ1v) is 9.56. The molecule has 0 unspecified atom stereocenters. The van der Waals surface area contributed by atoms with E-state index in [1.54, 1.807) is 13.2 Å². The molecule has 0 bridgehead atoms. The fourth-order valence-corrected chi connectivity index (χ4v) is 3.26. The van der Waals surface area contributed by atoms with Crippen LogP contribution in [-0.2, 0) is 4.79 Å². The molecule has 0 radical (unpaired) electrons. The number of methoxy groups -OCH3 is 1. The van der Waals surface area contributed by atoms with Crippen LogP contribution in [0, 0.1) is 0 Å².